The molecule has 2 heterocycles. The summed E-state index contributed by atoms with van der Waals surface area (Å²) < 4.78 is 5.16. The van der Waals surface area contributed by atoms with Gasteiger partial charge in [-0.2, -0.15) is 0 Å². The van der Waals surface area contributed by atoms with Crippen LogP contribution in [0.2, 0.25) is 0 Å². The van der Waals surface area contributed by atoms with Crippen LogP contribution in [0, 0.1) is 6.92 Å². The predicted molar refractivity (Wildman–Crippen MR) is 92.7 cm³/mol. The van der Waals surface area contributed by atoms with Gasteiger partial charge in [0.25, 0.3) is 0 Å². The van der Waals surface area contributed by atoms with Crippen LogP contribution < -0.4 is 0 Å². The van der Waals surface area contributed by atoms with Crippen molar-refractivity contribution in [1.82, 2.24) is 15.0 Å². The van der Waals surface area contributed by atoms with E-state index < -0.39 is 0 Å². The molecular weight excluding hydrogens is 306 g/mol. The fourth-order valence-electron chi connectivity index (χ4n) is 3.15. The Labute approximate surface area is 139 Å². The van der Waals surface area contributed by atoms with Gasteiger partial charge in [-0.05, 0) is 50.3 Å². The summed E-state index contributed by atoms with van der Waals surface area (Å²) in [4.78, 5) is 15.7. The summed E-state index contributed by atoms with van der Waals surface area (Å²) in [6.07, 6.45) is 6.62. The summed E-state index contributed by atoms with van der Waals surface area (Å²) in [5, 5.41) is 1.08. The number of fused-ring (bicyclic) bond motifs is 2. The summed E-state index contributed by atoms with van der Waals surface area (Å²) in [6.45, 7) is 2.58. The molecule has 23 heavy (non-hydrogen) atoms. The maximum absolute atomic E-state index is 5.16. The monoisotopic (exact) mass is 325 g/mol. The van der Waals surface area contributed by atoms with Crippen LogP contribution in [-0.4, -0.2) is 22.1 Å². The number of ether oxygens (including phenoxy) is 1. The van der Waals surface area contributed by atoms with Gasteiger partial charge in [-0.1, -0.05) is 0 Å². The Hall–Kier alpha value is -1.85. The number of benzene rings is 1. The van der Waals surface area contributed by atoms with Gasteiger partial charge >= 0.3 is 0 Å². The molecule has 0 saturated heterocycles. The van der Waals surface area contributed by atoms with Gasteiger partial charge in [-0.3, -0.25) is 4.98 Å². The molecule has 0 amide bonds. The molecule has 0 saturated carbocycles. The van der Waals surface area contributed by atoms with E-state index in [0.717, 1.165) is 33.7 Å². The molecule has 0 radical (unpaired) electrons. The van der Waals surface area contributed by atoms with Gasteiger partial charge in [0.05, 0.1) is 35.2 Å². The highest BCUT2D eigenvalue weighted by Crippen LogP contribution is 2.35. The summed E-state index contributed by atoms with van der Waals surface area (Å²) in [7, 11) is 1.67. The second-order valence-electron chi connectivity index (χ2n) is 6.07. The first kappa shape index (κ1) is 14.7. The van der Waals surface area contributed by atoms with Crippen LogP contribution in [0.15, 0.2) is 18.3 Å². The Morgan fingerprint density at radius 3 is 2.87 bits per heavy atom. The van der Waals surface area contributed by atoms with Crippen molar-refractivity contribution in [3.63, 3.8) is 0 Å². The molecule has 0 atom stereocenters. The van der Waals surface area contributed by atoms with Crippen molar-refractivity contribution >= 4 is 22.4 Å². The van der Waals surface area contributed by atoms with E-state index in [9.17, 15) is 0 Å². The lowest BCUT2D eigenvalue weighted by atomic mass is 10.0. The van der Waals surface area contributed by atoms with Crippen LogP contribution >= 0.6 is 11.3 Å². The van der Waals surface area contributed by atoms with Gasteiger partial charge in [0, 0.05) is 17.6 Å². The minimum atomic E-state index is 0.484. The van der Waals surface area contributed by atoms with Crippen molar-refractivity contribution < 1.29 is 4.74 Å². The Bertz CT molecular complexity index is 849. The Kier molecular flexibility index (Phi) is 3.83. The van der Waals surface area contributed by atoms with Crippen LogP contribution in [0.1, 0.15) is 34.7 Å². The molecule has 0 N–H and O–H groups in total. The molecule has 0 spiro atoms. The molecule has 0 unspecified atom stereocenters. The lowest BCUT2D eigenvalue weighted by molar-refractivity contribution is 0.181. The van der Waals surface area contributed by atoms with Gasteiger partial charge in [0.15, 0.2) is 0 Å². The molecule has 4 rings (SSSR count). The van der Waals surface area contributed by atoms with E-state index >= 15 is 0 Å². The molecule has 1 aliphatic rings. The number of hydrogen-bond donors (Lipinski definition) is 0. The topological polar surface area (TPSA) is 47.9 Å². The van der Waals surface area contributed by atoms with E-state index in [1.807, 2.05) is 11.3 Å². The first-order chi connectivity index (χ1) is 11.2. The summed E-state index contributed by atoms with van der Waals surface area (Å²) in [6, 6.07) is 4.26. The minimum Gasteiger partial charge on any atom is -0.378 e. The van der Waals surface area contributed by atoms with E-state index in [0.29, 0.717) is 6.61 Å². The van der Waals surface area contributed by atoms with Crippen molar-refractivity contribution in [2.24, 2.45) is 0 Å². The largest absolute Gasteiger partial charge is 0.378 e. The van der Waals surface area contributed by atoms with Gasteiger partial charge in [-0.15, -0.1) is 11.3 Å². The van der Waals surface area contributed by atoms with Crippen molar-refractivity contribution in [3.8, 4) is 10.6 Å². The number of aromatic nitrogens is 3. The quantitative estimate of drug-likeness (QED) is 0.728. The fraction of sp³-hybridized carbons (Fsp3) is 0.389. The summed E-state index contributed by atoms with van der Waals surface area (Å²) >= 11 is 1.82. The molecular formula is C18H19N3OS. The zero-order valence-electron chi connectivity index (χ0n) is 13.4. The van der Waals surface area contributed by atoms with E-state index in [2.05, 4.69) is 29.0 Å². The normalized spacial score (nSPS) is 14.2. The molecule has 2 aromatic heterocycles. The molecule has 118 valence electrons. The summed E-state index contributed by atoms with van der Waals surface area (Å²) in [5.74, 6) is 0. The number of aryl methyl sites for hydroxylation is 3. The third kappa shape index (κ3) is 2.75. The van der Waals surface area contributed by atoms with E-state index in [-0.39, 0.29) is 0 Å². The molecule has 0 fully saturated rings. The zero-order chi connectivity index (χ0) is 15.8. The van der Waals surface area contributed by atoms with E-state index in [4.69, 9.17) is 9.72 Å². The predicted octanol–water partition coefficient (Wildman–Crippen LogP) is 4.09. The van der Waals surface area contributed by atoms with Crippen LogP contribution in [0.4, 0.5) is 0 Å². The van der Waals surface area contributed by atoms with Crippen LogP contribution in [0.5, 0.6) is 0 Å². The van der Waals surface area contributed by atoms with Gasteiger partial charge in [0.2, 0.25) is 0 Å². The number of rotatable bonds is 3. The third-order valence-corrected chi connectivity index (χ3v) is 5.40. The molecule has 0 bridgehead atoms. The van der Waals surface area contributed by atoms with Gasteiger partial charge < -0.3 is 4.74 Å². The Morgan fingerprint density at radius 1 is 1.17 bits per heavy atom. The lowest BCUT2D eigenvalue weighted by Gasteiger charge is -2.07. The fourth-order valence-corrected chi connectivity index (χ4v) is 4.32. The average molecular weight is 325 g/mol. The van der Waals surface area contributed by atoms with Gasteiger partial charge in [0.1, 0.15) is 5.01 Å². The van der Waals surface area contributed by atoms with Crippen LogP contribution in [-0.2, 0) is 24.2 Å². The van der Waals surface area contributed by atoms with Crippen molar-refractivity contribution in [2.45, 2.75) is 39.2 Å². The highest BCUT2D eigenvalue weighted by atomic mass is 32.1. The minimum absolute atomic E-state index is 0.484. The number of thiazole rings is 1. The van der Waals surface area contributed by atoms with Crippen LogP contribution in [0.25, 0.3) is 21.6 Å². The first-order valence-corrected chi connectivity index (χ1v) is 8.80. The standard InChI is InChI=1S/C18H19N3OS/c1-11-7-13(18-21-14-5-3-4-6-16(14)23-18)17-15(8-11)20-12(9-19-17)10-22-2/h7-9H,3-6,10H2,1-2H3. The number of nitrogens with zero attached hydrogens (tertiary/aromatic N) is 3. The lowest BCUT2D eigenvalue weighted by Crippen LogP contribution is -1.99. The molecule has 3 aromatic rings. The maximum Gasteiger partial charge on any atom is 0.126 e. The third-order valence-electron chi connectivity index (χ3n) is 4.21. The highest BCUT2D eigenvalue weighted by molar-refractivity contribution is 7.15. The smallest absolute Gasteiger partial charge is 0.126 e. The highest BCUT2D eigenvalue weighted by Gasteiger charge is 2.18. The SMILES string of the molecule is COCc1cnc2c(-c3nc4c(s3)CCCC4)cc(C)cc2n1. The molecule has 0 aliphatic heterocycles. The van der Waals surface area contributed by atoms with E-state index in [1.165, 1.54) is 35.4 Å². The second-order valence-corrected chi connectivity index (χ2v) is 7.15. The van der Waals surface area contributed by atoms with Crippen LogP contribution in [0.3, 0.4) is 0 Å². The van der Waals surface area contributed by atoms with Crippen molar-refractivity contribution in [1.29, 1.82) is 0 Å². The summed E-state index contributed by atoms with van der Waals surface area (Å²) in [5.41, 5.74) is 6.29. The molecule has 1 aromatic carbocycles. The number of methoxy groups -OCH3 is 1. The Morgan fingerprint density at radius 2 is 2.04 bits per heavy atom. The molecule has 5 heteroatoms. The average Bonchev–Trinajstić information content (AvgIpc) is 2.98. The zero-order valence-corrected chi connectivity index (χ0v) is 14.2. The van der Waals surface area contributed by atoms with Gasteiger partial charge in [-0.25, -0.2) is 9.97 Å². The van der Waals surface area contributed by atoms with E-state index in [1.54, 1.807) is 13.3 Å². The second kappa shape index (κ2) is 5.98. The first-order valence-electron chi connectivity index (χ1n) is 7.99. The van der Waals surface area contributed by atoms with Crippen molar-refractivity contribution in [3.05, 3.63) is 40.2 Å². The van der Waals surface area contributed by atoms with Crippen molar-refractivity contribution in [2.75, 3.05) is 7.11 Å². The molecule has 4 nitrogen and oxygen atoms in total. The molecule has 1 aliphatic carbocycles. The number of hydrogen-bond acceptors (Lipinski definition) is 5. The Balaban J connectivity index is 1.87. The maximum atomic E-state index is 5.16.